The van der Waals surface area contributed by atoms with E-state index >= 15 is 0 Å². The predicted molar refractivity (Wildman–Crippen MR) is 104 cm³/mol. The maximum Gasteiger partial charge on any atom is 0.222 e. The SMILES string of the molecule is CCN(CC)CCN(Cc1ccccc1)C(=O)CCC1CCNCC1. The summed E-state index contributed by atoms with van der Waals surface area (Å²) in [5, 5.41) is 3.40. The van der Waals surface area contributed by atoms with Crippen LogP contribution in [0.25, 0.3) is 0 Å². The second-order valence-electron chi connectivity index (χ2n) is 7.06. The number of piperidine rings is 1. The first-order valence-corrected chi connectivity index (χ1v) is 9.97. The van der Waals surface area contributed by atoms with Gasteiger partial charge in [-0.25, -0.2) is 0 Å². The highest BCUT2D eigenvalue weighted by Crippen LogP contribution is 2.19. The highest BCUT2D eigenvalue weighted by molar-refractivity contribution is 5.76. The standard InChI is InChI=1S/C21H35N3O/c1-3-23(4-2)16-17-24(18-20-8-6-5-7-9-20)21(25)11-10-19-12-14-22-15-13-19/h5-9,19,22H,3-4,10-18H2,1-2H3. The molecule has 2 rings (SSSR count). The van der Waals surface area contributed by atoms with E-state index in [1.807, 2.05) is 6.07 Å². The molecule has 1 aromatic carbocycles. The van der Waals surface area contributed by atoms with Crippen molar-refractivity contribution >= 4 is 5.91 Å². The lowest BCUT2D eigenvalue weighted by molar-refractivity contribution is -0.132. The molecule has 1 aromatic rings. The van der Waals surface area contributed by atoms with Crippen molar-refractivity contribution < 1.29 is 4.79 Å². The molecule has 0 saturated carbocycles. The number of hydrogen-bond donors (Lipinski definition) is 1. The second-order valence-corrected chi connectivity index (χ2v) is 7.06. The quantitative estimate of drug-likeness (QED) is 0.708. The molecule has 1 aliphatic heterocycles. The van der Waals surface area contributed by atoms with E-state index in [-0.39, 0.29) is 0 Å². The lowest BCUT2D eigenvalue weighted by atomic mass is 9.93. The summed E-state index contributed by atoms with van der Waals surface area (Å²) in [6, 6.07) is 10.4. The van der Waals surface area contributed by atoms with Crippen LogP contribution in [0.2, 0.25) is 0 Å². The summed E-state index contributed by atoms with van der Waals surface area (Å²) in [6.45, 7) is 11.2. The van der Waals surface area contributed by atoms with Crippen LogP contribution >= 0.6 is 0 Å². The average Bonchev–Trinajstić information content (AvgIpc) is 2.67. The summed E-state index contributed by atoms with van der Waals surface area (Å²) in [7, 11) is 0. The molecule has 4 heteroatoms. The van der Waals surface area contributed by atoms with Crippen LogP contribution in [0.4, 0.5) is 0 Å². The Kier molecular flexibility index (Phi) is 8.98. The van der Waals surface area contributed by atoms with Gasteiger partial charge in [-0.1, -0.05) is 44.2 Å². The molecule has 0 aromatic heterocycles. The van der Waals surface area contributed by atoms with Gasteiger partial charge in [0.1, 0.15) is 0 Å². The molecule has 1 aliphatic rings. The molecule has 1 amide bonds. The minimum atomic E-state index is 0.314. The Balaban J connectivity index is 1.90. The fourth-order valence-electron chi connectivity index (χ4n) is 3.55. The number of carbonyl (C=O) groups is 1. The smallest absolute Gasteiger partial charge is 0.222 e. The first-order valence-electron chi connectivity index (χ1n) is 9.97. The highest BCUT2D eigenvalue weighted by atomic mass is 16.2. The van der Waals surface area contributed by atoms with E-state index in [4.69, 9.17) is 0 Å². The average molecular weight is 346 g/mol. The zero-order valence-corrected chi connectivity index (χ0v) is 16.0. The Labute approximate surface area is 153 Å². The van der Waals surface area contributed by atoms with Crippen LogP contribution in [0.1, 0.15) is 45.1 Å². The molecule has 25 heavy (non-hydrogen) atoms. The van der Waals surface area contributed by atoms with E-state index in [1.54, 1.807) is 0 Å². The maximum absolute atomic E-state index is 12.9. The Bertz CT molecular complexity index is 481. The summed E-state index contributed by atoms with van der Waals surface area (Å²) in [4.78, 5) is 17.3. The van der Waals surface area contributed by atoms with Crippen molar-refractivity contribution in [3.8, 4) is 0 Å². The number of hydrogen-bond acceptors (Lipinski definition) is 3. The molecule has 1 heterocycles. The molecule has 1 saturated heterocycles. The molecule has 0 spiro atoms. The maximum atomic E-state index is 12.9. The van der Waals surface area contributed by atoms with E-state index in [0.717, 1.165) is 52.2 Å². The fraction of sp³-hybridized carbons (Fsp3) is 0.667. The molecule has 4 nitrogen and oxygen atoms in total. The zero-order valence-electron chi connectivity index (χ0n) is 16.0. The third-order valence-corrected chi connectivity index (χ3v) is 5.37. The third-order valence-electron chi connectivity index (χ3n) is 5.37. The molecular weight excluding hydrogens is 310 g/mol. The van der Waals surface area contributed by atoms with E-state index in [1.165, 1.54) is 18.4 Å². The van der Waals surface area contributed by atoms with Crippen molar-refractivity contribution in [1.29, 1.82) is 0 Å². The molecule has 0 radical (unpaired) electrons. The van der Waals surface area contributed by atoms with Gasteiger partial charge in [0.25, 0.3) is 0 Å². The Morgan fingerprint density at radius 1 is 1.08 bits per heavy atom. The summed E-state index contributed by atoms with van der Waals surface area (Å²) in [5.41, 5.74) is 1.22. The number of nitrogens with one attached hydrogen (secondary N) is 1. The normalized spacial score (nSPS) is 15.5. The van der Waals surface area contributed by atoms with E-state index in [2.05, 4.69) is 53.2 Å². The minimum Gasteiger partial charge on any atom is -0.337 e. The number of nitrogens with zero attached hydrogens (tertiary/aromatic N) is 2. The number of likely N-dealkylation sites (N-methyl/N-ethyl adjacent to an activating group) is 1. The Morgan fingerprint density at radius 2 is 1.76 bits per heavy atom. The predicted octanol–water partition coefficient (Wildman–Crippen LogP) is 3.14. The van der Waals surface area contributed by atoms with Gasteiger partial charge < -0.3 is 15.1 Å². The number of benzene rings is 1. The van der Waals surface area contributed by atoms with Crippen molar-refractivity contribution in [3.63, 3.8) is 0 Å². The van der Waals surface area contributed by atoms with Crippen LogP contribution in [0.15, 0.2) is 30.3 Å². The molecule has 0 unspecified atom stereocenters. The lowest BCUT2D eigenvalue weighted by Gasteiger charge is -2.28. The van der Waals surface area contributed by atoms with Crippen molar-refractivity contribution in [2.75, 3.05) is 39.3 Å². The van der Waals surface area contributed by atoms with Crippen LogP contribution in [-0.4, -0.2) is 55.0 Å². The van der Waals surface area contributed by atoms with Gasteiger partial charge in [-0.3, -0.25) is 4.79 Å². The topological polar surface area (TPSA) is 35.6 Å². The summed E-state index contributed by atoms with van der Waals surface area (Å²) >= 11 is 0. The van der Waals surface area contributed by atoms with Gasteiger partial charge in [-0.15, -0.1) is 0 Å². The van der Waals surface area contributed by atoms with Crippen LogP contribution in [0.5, 0.6) is 0 Å². The highest BCUT2D eigenvalue weighted by Gasteiger charge is 2.19. The summed E-state index contributed by atoms with van der Waals surface area (Å²) in [5.74, 6) is 1.03. The van der Waals surface area contributed by atoms with E-state index < -0.39 is 0 Å². The molecule has 0 bridgehead atoms. The van der Waals surface area contributed by atoms with Gasteiger partial charge in [-0.2, -0.15) is 0 Å². The number of amides is 1. The van der Waals surface area contributed by atoms with Gasteiger partial charge in [0, 0.05) is 26.1 Å². The monoisotopic (exact) mass is 345 g/mol. The molecular formula is C21H35N3O. The molecule has 1 fully saturated rings. The first-order chi connectivity index (χ1) is 12.2. The van der Waals surface area contributed by atoms with Crippen molar-refractivity contribution in [1.82, 2.24) is 15.1 Å². The lowest BCUT2D eigenvalue weighted by Crippen LogP contribution is -2.38. The third kappa shape index (κ3) is 7.17. The molecule has 0 atom stereocenters. The first kappa shape index (κ1) is 19.9. The van der Waals surface area contributed by atoms with Crippen LogP contribution in [0, 0.1) is 5.92 Å². The van der Waals surface area contributed by atoms with Gasteiger partial charge >= 0.3 is 0 Å². The van der Waals surface area contributed by atoms with Gasteiger partial charge in [0.05, 0.1) is 0 Å². The molecule has 1 N–H and O–H groups in total. The minimum absolute atomic E-state index is 0.314. The van der Waals surface area contributed by atoms with Crippen molar-refractivity contribution in [3.05, 3.63) is 35.9 Å². The Hall–Kier alpha value is -1.39. The second kappa shape index (κ2) is 11.3. The van der Waals surface area contributed by atoms with Crippen LogP contribution in [-0.2, 0) is 11.3 Å². The molecule has 140 valence electrons. The zero-order chi connectivity index (χ0) is 17.9. The number of rotatable bonds is 10. The Morgan fingerprint density at radius 3 is 2.40 bits per heavy atom. The largest absolute Gasteiger partial charge is 0.337 e. The molecule has 0 aliphatic carbocycles. The van der Waals surface area contributed by atoms with Gasteiger partial charge in [-0.05, 0) is 56.9 Å². The summed E-state index contributed by atoms with van der Waals surface area (Å²) < 4.78 is 0. The van der Waals surface area contributed by atoms with Crippen molar-refractivity contribution in [2.24, 2.45) is 5.92 Å². The number of carbonyl (C=O) groups excluding carboxylic acids is 1. The van der Waals surface area contributed by atoms with Crippen LogP contribution in [0.3, 0.4) is 0 Å². The van der Waals surface area contributed by atoms with Gasteiger partial charge in [0.2, 0.25) is 5.91 Å². The van der Waals surface area contributed by atoms with E-state index in [0.29, 0.717) is 18.2 Å². The van der Waals surface area contributed by atoms with Crippen LogP contribution < -0.4 is 5.32 Å². The van der Waals surface area contributed by atoms with Gasteiger partial charge in [0.15, 0.2) is 0 Å². The summed E-state index contributed by atoms with van der Waals surface area (Å²) in [6.07, 6.45) is 4.16. The van der Waals surface area contributed by atoms with E-state index in [9.17, 15) is 4.79 Å². The fourth-order valence-corrected chi connectivity index (χ4v) is 3.55. The van der Waals surface area contributed by atoms with Crippen molar-refractivity contribution in [2.45, 2.75) is 46.1 Å².